The maximum absolute atomic E-state index is 12.6. The van der Waals surface area contributed by atoms with Crippen molar-refractivity contribution in [1.82, 2.24) is 20.0 Å². The Labute approximate surface area is 182 Å². The average Bonchev–Trinajstić information content (AvgIpc) is 3.41. The normalized spacial score (nSPS) is 18.9. The fourth-order valence-corrected chi connectivity index (χ4v) is 4.53. The van der Waals surface area contributed by atoms with Crippen molar-refractivity contribution < 1.29 is 4.79 Å². The average molecular weight is 414 g/mol. The number of guanidine groups is 1. The van der Waals surface area contributed by atoms with Crippen molar-refractivity contribution in [3.05, 3.63) is 35.4 Å². The van der Waals surface area contributed by atoms with E-state index in [2.05, 4.69) is 60.2 Å². The number of hydrogen-bond donors (Lipinski definition) is 1. The van der Waals surface area contributed by atoms with Gasteiger partial charge in [0.25, 0.3) is 0 Å². The van der Waals surface area contributed by atoms with Gasteiger partial charge in [0.2, 0.25) is 5.91 Å². The van der Waals surface area contributed by atoms with E-state index in [4.69, 9.17) is 4.99 Å². The van der Waals surface area contributed by atoms with Gasteiger partial charge >= 0.3 is 0 Å². The first-order valence-corrected chi connectivity index (χ1v) is 11.7. The van der Waals surface area contributed by atoms with Crippen molar-refractivity contribution in [3.8, 4) is 0 Å². The first kappa shape index (κ1) is 22.6. The number of likely N-dealkylation sites (tertiary alicyclic amines) is 1. The molecule has 2 aliphatic rings. The minimum atomic E-state index is 0.242. The van der Waals surface area contributed by atoms with Gasteiger partial charge in [0.1, 0.15) is 0 Å². The predicted octanol–water partition coefficient (Wildman–Crippen LogP) is 2.94. The molecule has 0 spiro atoms. The third-order valence-corrected chi connectivity index (χ3v) is 6.33. The maximum atomic E-state index is 12.6. The van der Waals surface area contributed by atoms with Gasteiger partial charge in [0.15, 0.2) is 5.96 Å². The quantitative estimate of drug-likeness (QED) is 0.384. The van der Waals surface area contributed by atoms with Crippen LogP contribution in [0.25, 0.3) is 0 Å². The highest BCUT2D eigenvalue weighted by molar-refractivity contribution is 5.80. The number of carbonyl (C=O) groups excluding carboxylic acids is 1. The maximum Gasteiger partial charge on any atom is 0.223 e. The van der Waals surface area contributed by atoms with Crippen LogP contribution in [0.15, 0.2) is 29.3 Å². The second-order valence-corrected chi connectivity index (χ2v) is 8.44. The third kappa shape index (κ3) is 5.97. The molecule has 0 aromatic heterocycles. The molecular formula is C24H39N5O. The fraction of sp³-hybridized carbons (Fsp3) is 0.667. The number of fused-ring (bicyclic) bond motifs is 1. The zero-order chi connectivity index (χ0) is 21.3. The van der Waals surface area contributed by atoms with Crippen LogP contribution < -0.4 is 5.32 Å². The van der Waals surface area contributed by atoms with Gasteiger partial charge in [-0.15, -0.1) is 0 Å². The number of amides is 1. The second-order valence-electron chi connectivity index (χ2n) is 8.44. The summed E-state index contributed by atoms with van der Waals surface area (Å²) in [4.78, 5) is 24.3. The molecule has 166 valence electrons. The molecule has 0 saturated carbocycles. The summed E-state index contributed by atoms with van der Waals surface area (Å²) in [5, 5.41) is 3.45. The minimum absolute atomic E-state index is 0.242. The molecule has 1 aromatic carbocycles. The summed E-state index contributed by atoms with van der Waals surface area (Å²) in [7, 11) is 0. The molecule has 1 saturated heterocycles. The molecular weight excluding hydrogens is 374 g/mol. The van der Waals surface area contributed by atoms with Gasteiger partial charge in [-0.1, -0.05) is 38.1 Å². The molecule has 0 aliphatic carbocycles. The summed E-state index contributed by atoms with van der Waals surface area (Å²) >= 11 is 0. The summed E-state index contributed by atoms with van der Waals surface area (Å²) in [6, 6.07) is 8.35. The highest BCUT2D eigenvalue weighted by Gasteiger charge is 2.26. The summed E-state index contributed by atoms with van der Waals surface area (Å²) in [5.74, 6) is 1.97. The lowest BCUT2D eigenvalue weighted by molar-refractivity contribution is -0.131. The molecule has 1 unspecified atom stereocenters. The molecule has 2 aliphatic heterocycles. The summed E-state index contributed by atoms with van der Waals surface area (Å²) in [6.07, 6.45) is 2.60. The molecule has 0 radical (unpaired) electrons. The SMILES string of the molecule is CCNC(=NCCCC(=O)N1Cc2ccccc2C1)N1CCC(CN(CC)CC)C1. The van der Waals surface area contributed by atoms with Gasteiger partial charge in [-0.3, -0.25) is 9.79 Å². The lowest BCUT2D eigenvalue weighted by atomic mass is 10.1. The summed E-state index contributed by atoms with van der Waals surface area (Å²) in [6.45, 7) is 15.2. The Hall–Kier alpha value is -2.08. The topological polar surface area (TPSA) is 51.2 Å². The number of nitrogens with one attached hydrogen (secondary N) is 1. The monoisotopic (exact) mass is 413 g/mol. The minimum Gasteiger partial charge on any atom is -0.357 e. The van der Waals surface area contributed by atoms with E-state index in [1.807, 2.05) is 4.90 Å². The first-order valence-electron chi connectivity index (χ1n) is 11.7. The number of nitrogens with zero attached hydrogens (tertiary/aromatic N) is 4. The van der Waals surface area contributed by atoms with Gasteiger partial charge in [0, 0.05) is 52.2 Å². The zero-order valence-corrected chi connectivity index (χ0v) is 19.1. The Morgan fingerprint density at radius 2 is 1.83 bits per heavy atom. The number of hydrogen-bond acceptors (Lipinski definition) is 3. The smallest absolute Gasteiger partial charge is 0.223 e. The van der Waals surface area contributed by atoms with Crippen LogP contribution in [0.1, 0.15) is 51.2 Å². The van der Waals surface area contributed by atoms with Crippen LogP contribution in [0.4, 0.5) is 0 Å². The van der Waals surface area contributed by atoms with Crippen LogP contribution in [-0.2, 0) is 17.9 Å². The largest absolute Gasteiger partial charge is 0.357 e. The third-order valence-electron chi connectivity index (χ3n) is 6.33. The van der Waals surface area contributed by atoms with Crippen molar-refractivity contribution in [2.45, 2.75) is 53.1 Å². The van der Waals surface area contributed by atoms with Crippen molar-refractivity contribution >= 4 is 11.9 Å². The first-order chi connectivity index (χ1) is 14.6. The van der Waals surface area contributed by atoms with E-state index in [-0.39, 0.29) is 5.91 Å². The predicted molar refractivity (Wildman–Crippen MR) is 123 cm³/mol. The highest BCUT2D eigenvalue weighted by atomic mass is 16.2. The van der Waals surface area contributed by atoms with E-state index >= 15 is 0 Å². The van der Waals surface area contributed by atoms with E-state index in [1.54, 1.807) is 0 Å². The molecule has 1 fully saturated rings. The van der Waals surface area contributed by atoms with Gasteiger partial charge in [-0.2, -0.15) is 0 Å². The number of aliphatic imine (C=N–C) groups is 1. The molecule has 3 rings (SSSR count). The van der Waals surface area contributed by atoms with Crippen molar-refractivity contribution in [2.75, 3.05) is 45.8 Å². The number of benzene rings is 1. The lowest BCUT2D eigenvalue weighted by Crippen LogP contribution is -2.41. The standard InChI is InChI=1S/C24H39N5O/c1-4-25-24(28-15-13-20(17-28)16-27(5-2)6-3)26-14-9-12-23(30)29-18-21-10-7-8-11-22(21)19-29/h7-8,10-11,20H,4-6,9,12-19H2,1-3H3,(H,25,26). The zero-order valence-electron chi connectivity index (χ0n) is 19.1. The van der Waals surface area contributed by atoms with Gasteiger partial charge in [-0.05, 0) is 49.9 Å². The van der Waals surface area contributed by atoms with Crippen LogP contribution in [0.5, 0.6) is 0 Å². The van der Waals surface area contributed by atoms with E-state index in [0.29, 0.717) is 18.9 Å². The number of carbonyl (C=O) groups is 1. The molecule has 1 amide bonds. The molecule has 6 heteroatoms. The highest BCUT2D eigenvalue weighted by Crippen LogP contribution is 2.23. The van der Waals surface area contributed by atoms with Crippen molar-refractivity contribution in [1.29, 1.82) is 0 Å². The van der Waals surface area contributed by atoms with Gasteiger partial charge in [-0.25, -0.2) is 0 Å². The van der Waals surface area contributed by atoms with E-state index in [1.165, 1.54) is 24.1 Å². The Morgan fingerprint density at radius 1 is 1.13 bits per heavy atom. The van der Waals surface area contributed by atoms with Crippen LogP contribution in [0.3, 0.4) is 0 Å². The summed E-state index contributed by atoms with van der Waals surface area (Å²) < 4.78 is 0. The van der Waals surface area contributed by atoms with Crippen LogP contribution in [-0.4, -0.2) is 72.4 Å². The molecule has 1 aromatic rings. The van der Waals surface area contributed by atoms with Gasteiger partial charge < -0.3 is 20.0 Å². The van der Waals surface area contributed by atoms with Crippen LogP contribution in [0.2, 0.25) is 0 Å². The Balaban J connectivity index is 1.43. The Bertz CT molecular complexity index is 690. The molecule has 1 atom stereocenters. The molecule has 30 heavy (non-hydrogen) atoms. The Morgan fingerprint density at radius 3 is 2.47 bits per heavy atom. The van der Waals surface area contributed by atoms with Crippen molar-refractivity contribution in [3.63, 3.8) is 0 Å². The van der Waals surface area contributed by atoms with E-state index in [0.717, 1.165) is 58.2 Å². The fourth-order valence-electron chi connectivity index (χ4n) is 4.53. The van der Waals surface area contributed by atoms with Crippen molar-refractivity contribution in [2.24, 2.45) is 10.9 Å². The second kappa shape index (κ2) is 11.3. The molecule has 0 bridgehead atoms. The molecule has 6 nitrogen and oxygen atoms in total. The van der Waals surface area contributed by atoms with Crippen LogP contribution >= 0.6 is 0 Å². The van der Waals surface area contributed by atoms with Crippen LogP contribution in [0, 0.1) is 5.92 Å². The lowest BCUT2D eigenvalue weighted by Gasteiger charge is -2.24. The molecule has 1 N–H and O–H groups in total. The Kier molecular flexibility index (Phi) is 8.55. The summed E-state index contributed by atoms with van der Waals surface area (Å²) in [5.41, 5.74) is 2.57. The van der Waals surface area contributed by atoms with Gasteiger partial charge in [0.05, 0.1) is 0 Å². The molecule has 2 heterocycles. The number of rotatable bonds is 9. The van der Waals surface area contributed by atoms with E-state index in [9.17, 15) is 4.79 Å². The van der Waals surface area contributed by atoms with E-state index < -0.39 is 0 Å².